The average molecular weight is 275 g/mol. The molecule has 0 aliphatic rings. The van der Waals surface area contributed by atoms with E-state index in [4.69, 9.17) is 5.26 Å². The van der Waals surface area contributed by atoms with E-state index in [-0.39, 0.29) is 0 Å². The summed E-state index contributed by atoms with van der Waals surface area (Å²) in [4.78, 5) is 0. The number of hydrogen-bond acceptors (Lipinski definition) is 2. The summed E-state index contributed by atoms with van der Waals surface area (Å²) in [5.74, 6) is 0. The molecule has 0 aliphatic heterocycles. The van der Waals surface area contributed by atoms with Crippen LogP contribution in [0.3, 0.4) is 0 Å². The Bertz CT molecular complexity index is 682. The minimum atomic E-state index is -1.16. The van der Waals surface area contributed by atoms with Crippen molar-refractivity contribution in [3.8, 4) is 6.07 Å². The van der Waals surface area contributed by atoms with Crippen LogP contribution in [0, 0.1) is 11.3 Å². The van der Waals surface area contributed by atoms with Gasteiger partial charge in [-0.15, -0.1) is 6.58 Å². The monoisotopic (exact) mass is 275 g/mol. The predicted octanol–water partition coefficient (Wildman–Crippen LogP) is 4.04. The molecule has 0 unspecified atom stereocenters. The first kappa shape index (κ1) is 14.8. The Balaban J connectivity index is 2.38. The van der Waals surface area contributed by atoms with Gasteiger partial charge in [0.05, 0.1) is 11.6 Å². The minimum Gasteiger partial charge on any atom is -0.381 e. The van der Waals surface area contributed by atoms with E-state index in [1.165, 1.54) is 0 Å². The number of rotatable bonds is 5. The maximum Gasteiger partial charge on any atom is 0.111 e. The second-order valence-corrected chi connectivity index (χ2v) is 4.85. The zero-order valence-electron chi connectivity index (χ0n) is 11.7. The Morgan fingerprint density at radius 1 is 1.14 bits per heavy atom. The van der Waals surface area contributed by atoms with E-state index in [0.29, 0.717) is 17.5 Å². The number of nitrogens with zero attached hydrogens (tertiary/aromatic N) is 1. The quantitative estimate of drug-likeness (QED) is 0.837. The lowest BCUT2D eigenvalue weighted by molar-refractivity contribution is 0.0938. The first-order chi connectivity index (χ1) is 10.2. The van der Waals surface area contributed by atoms with Gasteiger partial charge in [-0.2, -0.15) is 5.26 Å². The van der Waals surface area contributed by atoms with Gasteiger partial charge in [-0.3, -0.25) is 0 Å². The first-order valence-corrected chi connectivity index (χ1v) is 6.76. The fraction of sp³-hybridized carbons (Fsp3) is 0.105. The van der Waals surface area contributed by atoms with Gasteiger partial charge in [-0.05, 0) is 29.3 Å². The summed E-state index contributed by atoms with van der Waals surface area (Å²) in [7, 11) is 0. The van der Waals surface area contributed by atoms with Crippen molar-refractivity contribution in [1.82, 2.24) is 0 Å². The highest BCUT2D eigenvalue weighted by atomic mass is 16.3. The Morgan fingerprint density at radius 3 is 2.57 bits per heavy atom. The third kappa shape index (κ3) is 3.68. The Morgan fingerprint density at radius 2 is 1.90 bits per heavy atom. The molecule has 104 valence electrons. The molecule has 2 aromatic rings. The normalized spacial score (nSPS) is 13.5. The predicted molar refractivity (Wildman–Crippen MR) is 85.3 cm³/mol. The van der Waals surface area contributed by atoms with Crippen molar-refractivity contribution >= 4 is 6.08 Å². The molecule has 0 aromatic heterocycles. The number of nitriles is 1. The van der Waals surface area contributed by atoms with Crippen LogP contribution in [0.15, 0.2) is 73.3 Å². The van der Waals surface area contributed by atoms with Crippen LogP contribution in [0.4, 0.5) is 0 Å². The zero-order valence-corrected chi connectivity index (χ0v) is 11.7. The third-order valence-electron chi connectivity index (χ3n) is 3.30. The van der Waals surface area contributed by atoms with Crippen molar-refractivity contribution in [1.29, 1.82) is 5.26 Å². The molecule has 2 heteroatoms. The first-order valence-electron chi connectivity index (χ1n) is 6.76. The largest absolute Gasteiger partial charge is 0.381 e. The average Bonchev–Trinajstić information content (AvgIpc) is 2.54. The van der Waals surface area contributed by atoms with E-state index in [0.717, 1.165) is 5.56 Å². The summed E-state index contributed by atoms with van der Waals surface area (Å²) in [6.07, 6.45) is 5.68. The SMILES string of the molecule is C=CC[C@@](O)(/C=C/c1ccccc1)c1cccc(C#N)c1. The van der Waals surface area contributed by atoms with Crippen molar-refractivity contribution in [2.24, 2.45) is 0 Å². The molecule has 1 atom stereocenters. The van der Waals surface area contributed by atoms with E-state index in [1.807, 2.05) is 42.5 Å². The van der Waals surface area contributed by atoms with Gasteiger partial charge in [-0.1, -0.05) is 54.6 Å². The summed E-state index contributed by atoms with van der Waals surface area (Å²) in [5.41, 5.74) is 1.07. The zero-order chi connectivity index (χ0) is 15.1. The van der Waals surface area contributed by atoms with Crippen molar-refractivity contribution < 1.29 is 5.11 Å². The van der Waals surface area contributed by atoms with Crippen molar-refractivity contribution in [2.45, 2.75) is 12.0 Å². The van der Waals surface area contributed by atoms with E-state index < -0.39 is 5.60 Å². The van der Waals surface area contributed by atoms with Gasteiger partial charge in [0.2, 0.25) is 0 Å². The fourth-order valence-corrected chi connectivity index (χ4v) is 2.16. The molecule has 0 bridgehead atoms. The Kier molecular flexibility index (Phi) is 4.71. The molecular weight excluding hydrogens is 258 g/mol. The highest BCUT2D eigenvalue weighted by molar-refractivity contribution is 5.52. The number of hydrogen-bond donors (Lipinski definition) is 1. The van der Waals surface area contributed by atoms with Crippen molar-refractivity contribution in [3.63, 3.8) is 0 Å². The second-order valence-electron chi connectivity index (χ2n) is 4.85. The molecule has 1 N–H and O–H groups in total. The molecule has 0 radical (unpaired) electrons. The van der Waals surface area contributed by atoms with Crippen LogP contribution >= 0.6 is 0 Å². The third-order valence-corrected chi connectivity index (χ3v) is 3.30. The molecule has 0 aliphatic carbocycles. The van der Waals surface area contributed by atoms with Gasteiger partial charge in [0.25, 0.3) is 0 Å². The summed E-state index contributed by atoms with van der Waals surface area (Å²) >= 11 is 0. The lowest BCUT2D eigenvalue weighted by Gasteiger charge is -2.24. The Hall–Kier alpha value is -2.63. The van der Waals surface area contributed by atoms with Gasteiger partial charge >= 0.3 is 0 Å². The van der Waals surface area contributed by atoms with Crippen molar-refractivity contribution in [2.75, 3.05) is 0 Å². The molecule has 0 amide bonds. The highest BCUT2D eigenvalue weighted by Gasteiger charge is 2.24. The molecule has 0 saturated carbocycles. The van der Waals surface area contributed by atoms with Gasteiger partial charge in [0.15, 0.2) is 0 Å². The van der Waals surface area contributed by atoms with Gasteiger partial charge in [0, 0.05) is 6.42 Å². The summed E-state index contributed by atoms with van der Waals surface area (Å²) in [5, 5.41) is 19.9. The topological polar surface area (TPSA) is 44.0 Å². The molecule has 2 rings (SSSR count). The van der Waals surface area contributed by atoms with Crippen LogP contribution in [0.2, 0.25) is 0 Å². The van der Waals surface area contributed by atoms with Crippen LogP contribution in [-0.4, -0.2) is 5.11 Å². The summed E-state index contributed by atoms with van der Waals surface area (Å²) < 4.78 is 0. The van der Waals surface area contributed by atoms with Gasteiger partial charge in [-0.25, -0.2) is 0 Å². The number of benzene rings is 2. The lowest BCUT2D eigenvalue weighted by atomic mass is 9.88. The molecule has 2 aromatic carbocycles. The standard InChI is InChI=1S/C19H17NO/c1-2-12-19(21,13-11-16-7-4-3-5-8-16)18-10-6-9-17(14-18)15-20/h2-11,13-14,21H,1,12H2/b13-11+/t19-/m1/s1. The smallest absolute Gasteiger partial charge is 0.111 e. The maximum atomic E-state index is 10.9. The van der Waals surface area contributed by atoms with E-state index >= 15 is 0 Å². The molecule has 0 fully saturated rings. The molecule has 0 heterocycles. The van der Waals surface area contributed by atoms with Gasteiger partial charge in [0.1, 0.15) is 5.60 Å². The molecule has 21 heavy (non-hydrogen) atoms. The van der Waals surface area contributed by atoms with E-state index in [2.05, 4.69) is 12.6 Å². The lowest BCUT2D eigenvalue weighted by Crippen LogP contribution is -2.22. The van der Waals surface area contributed by atoms with Crippen LogP contribution in [0.1, 0.15) is 23.1 Å². The second kappa shape index (κ2) is 6.69. The number of aliphatic hydroxyl groups is 1. The summed E-state index contributed by atoms with van der Waals surface area (Å²) in [6, 6.07) is 18.9. The van der Waals surface area contributed by atoms with Crippen LogP contribution in [0.5, 0.6) is 0 Å². The van der Waals surface area contributed by atoms with Crippen LogP contribution < -0.4 is 0 Å². The Labute approximate surface area is 125 Å². The highest BCUT2D eigenvalue weighted by Crippen LogP contribution is 2.28. The van der Waals surface area contributed by atoms with Crippen molar-refractivity contribution in [3.05, 3.63) is 90.0 Å². The molecule has 0 saturated heterocycles. The molecule has 0 spiro atoms. The summed E-state index contributed by atoms with van der Waals surface area (Å²) in [6.45, 7) is 3.71. The fourth-order valence-electron chi connectivity index (χ4n) is 2.16. The molecule has 2 nitrogen and oxygen atoms in total. The maximum absolute atomic E-state index is 10.9. The van der Waals surface area contributed by atoms with E-state index in [9.17, 15) is 5.11 Å². The molecular formula is C19H17NO. The van der Waals surface area contributed by atoms with E-state index in [1.54, 1.807) is 30.4 Å². The van der Waals surface area contributed by atoms with Gasteiger partial charge < -0.3 is 5.11 Å². The van der Waals surface area contributed by atoms with Crippen LogP contribution in [-0.2, 0) is 5.60 Å². The van der Waals surface area contributed by atoms with Crippen LogP contribution in [0.25, 0.3) is 6.08 Å². The minimum absolute atomic E-state index is 0.380.